The molecule has 3 heterocycles. The summed E-state index contributed by atoms with van der Waals surface area (Å²) in [5.41, 5.74) is 4.66. The summed E-state index contributed by atoms with van der Waals surface area (Å²) in [5, 5.41) is 0. The van der Waals surface area contributed by atoms with E-state index in [1.54, 1.807) is 0 Å². The summed E-state index contributed by atoms with van der Waals surface area (Å²) in [6.07, 6.45) is 5.83. The number of imidazole rings is 1. The Morgan fingerprint density at radius 3 is 2.52 bits per heavy atom. The van der Waals surface area contributed by atoms with Crippen LogP contribution in [0.1, 0.15) is 0 Å². The summed E-state index contributed by atoms with van der Waals surface area (Å²) in [6.45, 7) is 3.58. The molecule has 0 unspecified atom stereocenters. The van der Waals surface area contributed by atoms with E-state index in [0.29, 0.717) is 0 Å². The number of morpholine rings is 1. The third-order valence-corrected chi connectivity index (χ3v) is 3.97. The standard InChI is InChI=1S/C17H17N3O/c1-3-16(19-9-11-21-12-10-19)4-2-14(1)15-5-7-20-8-6-18-17(20)13-15/h1-8,13H,9-12H2. The largest absolute Gasteiger partial charge is 0.378 e. The van der Waals surface area contributed by atoms with Crippen molar-refractivity contribution in [1.82, 2.24) is 9.38 Å². The van der Waals surface area contributed by atoms with E-state index in [0.717, 1.165) is 32.0 Å². The number of ether oxygens (including phenoxy) is 1. The first-order valence-corrected chi connectivity index (χ1v) is 7.26. The first-order valence-electron chi connectivity index (χ1n) is 7.26. The summed E-state index contributed by atoms with van der Waals surface area (Å²) in [6, 6.07) is 13.0. The number of nitrogens with zero attached hydrogens (tertiary/aromatic N) is 3. The molecule has 1 aliphatic rings. The van der Waals surface area contributed by atoms with E-state index < -0.39 is 0 Å². The molecule has 0 N–H and O–H groups in total. The molecule has 0 bridgehead atoms. The molecule has 4 nitrogen and oxygen atoms in total. The van der Waals surface area contributed by atoms with Crippen molar-refractivity contribution in [2.75, 3.05) is 31.2 Å². The summed E-state index contributed by atoms with van der Waals surface area (Å²) in [7, 11) is 0. The van der Waals surface area contributed by atoms with Crippen molar-refractivity contribution in [3.63, 3.8) is 0 Å². The number of aromatic nitrogens is 2. The molecule has 1 saturated heterocycles. The molecule has 4 heteroatoms. The predicted molar refractivity (Wildman–Crippen MR) is 83.7 cm³/mol. The molecule has 106 valence electrons. The van der Waals surface area contributed by atoms with E-state index >= 15 is 0 Å². The van der Waals surface area contributed by atoms with Crippen LogP contribution in [0.5, 0.6) is 0 Å². The topological polar surface area (TPSA) is 29.8 Å². The zero-order chi connectivity index (χ0) is 14.1. The highest BCUT2D eigenvalue weighted by atomic mass is 16.5. The Labute approximate surface area is 123 Å². The molecular weight excluding hydrogens is 262 g/mol. The fourth-order valence-electron chi connectivity index (χ4n) is 2.78. The number of fused-ring (bicyclic) bond motifs is 1. The Morgan fingerprint density at radius 2 is 1.71 bits per heavy atom. The highest BCUT2D eigenvalue weighted by molar-refractivity contribution is 5.69. The van der Waals surface area contributed by atoms with Gasteiger partial charge in [-0.25, -0.2) is 4.98 Å². The lowest BCUT2D eigenvalue weighted by atomic mass is 10.1. The molecule has 0 radical (unpaired) electrons. The van der Waals surface area contributed by atoms with Crippen LogP contribution in [-0.2, 0) is 4.74 Å². The molecule has 0 saturated carbocycles. The predicted octanol–water partition coefficient (Wildman–Crippen LogP) is 2.84. The molecule has 4 rings (SSSR count). The highest BCUT2D eigenvalue weighted by Crippen LogP contribution is 2.24. The minimum absolute atomic E-state index is 0.818. The highest BCUT2D eigenvalue weighted by Gasteiger charge is 2.11. The van der Waals surface area contributed by atoms with E-state index in [2.05, 4.69) is 46.3 Å². The van der Waals surface area contributed by atoms with Crippen LogP contribution >= 0.6 is 0 Å². The maximum atomic E-state index is 5.40. The van der Waals surface area contributed by atoms with E-state index in [1.165, 1.54) is 16.8 Å². The van der Waals surface area contributed by atoms with Gasteiger partial charge < -0.3 is 14.0 Å². The van der Waals surface area contributed by atoms with Crippen LogP contribution in [0.15, 0.2) is 55.0 Å². The second-order valence-corrected chi connectivity index (χ2v) is 5.25. The Kier molecular flexibility index (Phi) is 3.09. The van der Waals surface area contributed by atoms with Gasteiger partial charge in [0.1, 0.15) is 5.65 Å². The van der Waals surface area contributed by atoms with Gasteiger partial charge in [0.25, 0.3) is 0 Å². The monoisotopic (exact) mass is 279 g/mol. The summed E-state index contributed by atoms with van der Waals surface area (Å²) < 4.78 is 7.42. The van der Waals surface area contributed by atoms with Crippen molar-refractivity contribution in [3.8, 4) is 11.1 Å². The van der Waals surface area contributed by atoms with Crippen LogP contribution in [0.3, 0.4) is 0 Å². The van der Waals surface area contributed by atoms with Crippen LogP contribution in [-0.4, -0.2) is 35.7 Å². The SMILES string of the molecule is c1cn2ccc(-c3ccc(N4CCOCC4)cc3)cc2n1. The average molecular weight is 279 g/mol. The van der Waals surface area contributed by atoms with Gasteiger partial charge in [0.2, 0.25) is 0 Å². The van der Waals surface area contributed by atoms with Crippen LogP contribution in [0.4, 0.5) is 5.69 Å². The van der Waals surface area contributed by atoms with E-state index in [9.17, 15) is 0 Å². The third-order valence-electron chi connectivity index (χ3n) is 3.97. The maximum absolute atomic E-state index is 5.40. The number of hydrogen-bond acceptors (Lipinski definition) is 3. The van der Waals surface area contributed by atoms with E-state index in [1.807, 2.05) is 23.0 Å². The van der Waals surface area contributed by atoms with Crippen LogP contribution in [0.2, 0.25) is 0 Å². The van der Waals surface area contributed by atoms with Crippen molar-refractivity contribution >= 4 is 11.3 Å². The molecule has 3 aromatic rings. The van der Waals surface area contributed by atoms with Crippen molar-refractivity contribution in [2.24, 2.45) is 0 Å². The maximum Gasteiger partial charge on any atom is 0.137 e. The second-order valence-electron chi connectivity index (χ2n) is 5.25. The number of hydrogen-bond donors (Lipinski definition) is 0. The van der Waals surface area contributed by atoms with E-state index in [-0.39, 0.29) is 0 Å². The zero-order valence-electron chi connectivity index (χ0n) is 11.8. The first kappa shape index (κ1) is 12.4. The molecule has 0 aliphatic carbocycles. The molecular formula is C17H17N3O. The molecule has 0 atom stereocenters. The normalized spacial score (nSPS) is 15.5. The Bertz CT molecular complexity index is 742. The Balaban J connectivity index is 1.62. The van der Waals surface area contributed by atoms with Gasteiger partial charge in [-0.05, 0) is 35.4 Å². The molecule has 1 fully saturated rings. The second kappa shape index (κ2) is 5.22. The van der Waals surface area contributed by atoms with Crippen molar-refractivity contribution < 1.29 is 4.74 Å². The molecule has 0 spiro atoms. The first-order chi connectivity index (χ1) is 10.4. The molecule has 0 amide bonds. The van der Waals surface area contributed by atoms with Gasteiger partial charge in [0, 0.05) is 37.4 Å². The number of benzene rings is 1. The van der Waals surface area contributed by atoms with Gasteiger partial charge in [0.05, 0.1) is 13.2 Å². The van der Waals surface area contributed by atoms with Gasteiger partial charge >= 0.3 is 0 Å². The van der Waals surface area contributed by atoms with E-state index in [4.69, 9.17) is 4.74 Å². The van der Waals surface area contributed by atoms with Crippen molar-refractivity contribution in [1.29, 1.82) is 0 Å². The molecule has 21 heavy (non-hydrogen) atoms. The Morgan fingerprint density at radius 1 is 0.905 bits per heavy atom. The number of pyridine rings is 1. The Hall–Kier alpha value is -2.33. The van der Waals surface area contributed by atoms with Crippen LogP contribution in [0.25, 0.3) is 16.8 Å². The fraction of sp³-hybridized carbons (Fsp3) is 0.235. The number of rotatable bonds is 2. The minimum atomic E-state index is 0.818. The van der Waals surface area contributed by atoms with Gasteiger partial charge in [0.15, 0.2) is 0 Å². The van der Waals surface area contributed by atoms with Crippen molar-refractivity contribution in [3.05, 3.63) is 55.0 Å². The summed E-state index contributed by atoms with van der Waals surface area (Å²) >= 11 is 0. The summed E-state index contributed by atoms with van der Waals surface area (Å²) in [4.78, 5) is 6.70. The summed E-state index contributed by atoms with van der Waals surface area (Å²) in [5.74, 6) is 0. The molecule has 2 aromatic heterocycles. The third kappa shape index (κ3) is 2.38. The number of anilines is 1. The molecule has 1 aromatic carbocycles. The lowest BCUT2D eigenvalue weighted by Crippen LogP contribution is -2.36. The van der Waals surface area contributed by atoms with Gasteiger partial charge in [-0.3, -0.25) is 0 Å². The zero-order valence-corrected chi connectivity index (χ0v) is 11.8. The van der Waals surface area contributed by atoms with Gasteiger partial charge in [-0.1, -0.05) is 12.1 Å². The quantitative estimate of drug-likeness (QED) is 0.722. The molecule has 1 aliphatic heterocycles. The van der Waals surface area contributed by atoms with Gasteiger partial charge in [-0.2, -0.15) is 0 Å². The fourth-order valence-corrected chi connectivity index (χ4v) is 2.78. The van der Waals surface area contributed by atoms with Crippen molar-refractivity contribution in [2.45, 2.75) is 0 Å². The van der Waals surface area contributed by atoms with Crippen LogP contribution in [0, 0.1) is 0 Å². The smallest absolute Gasteiger partial charge is 0.137 e. The minimum Gasteiger partial charge on any atom is -0.378 e. The lowest BCUT2D eigenvalue weighted by molar-refractivity contribution is 0.122. The van der Waals surface area contributed by atoms with Crippen LogP contribution < -0.4 is 4.90 Å². The lowest BCUT2D eigenvalue weighted by Gasteiger charge is -2.28. The van der Waals surface area contributed by atoms with Gasteiger partial charge in [-0.15, -0.1) is 0 Å². The average Bonchev–Trinajstić information content (AvgIpc) is 3.03.